The van der Waals surface area contributed by atoms with Gasteiger partial charge in [-0.25, -0.2) is 0 Å². The molecule has 6 heteroatoms. The van der Waals surface area contributed by atoms with Gasteiger partial charge in [-0.2, -0.15) is 0 Å². The minimum Gasteiger partial charge on any atom is -0.350 e. The van der Waals surface area contributed by atoms with Gasteiger partial charge in [0.2, 0.25) is 5.91 Å². The van der Waals surface area contributed by atoms with E-state index in [0.29, 0.717) is 19.5 Å². The molecule has 0 spiro atoms. The maximum absolute atomic E-state index is 11.0. The molecule has 1 aromatic rings. The number of pyridine rings is 1. The van der Waals surface area contributed by atoms with Crippen LogP contribution in [0.1, 0.15) is 12.1 Å². The number of aromatic nitrogens is 1. The van der Waals surface area contributed by atoms with Gasteiger partial charge in [0, 0.05) is 19.2 Å². The Kier molecular flexibility index (Phi) is 10.7. The summed E-state index contributed by atoms with van der Waals surface area (Å²) in [6.45, 7) is 0.855. The zero-order chi connectivity index (χ0) is 9.52. The number of amides is 1. The fraction of sp³-hybridized carbons (Fsp3) is 0.333. The molecule has 0 saturated heterocycles. The molecule has 1 aromatic heterocycles. The average molecular weight is 252 g/mol. The van der Waals surface area contributed by atoms with E-state index in [0.717, 1.165) is 5.69 Å². The molecule has 0 atom stereocenters. The molecule has 86 valence electrons. The Bertz CT molecular complexity index is 269. The van der Waals surface area contributed by atoms with Crippen LogP contribution in [0.3, 0.4) is 0 Å². The van der Waals surface area contributed by atoms with Crippen molar-refractivity contribution in [2.24, 2.45) is 5.73 Å². The maximum Gasteiger partial charge on any atom is 0.221 e. The Morgan fingerprint density at radius 2 is 2.13 bits per heavy atom. The standard InChI is InChI=1S/C9H13N3O.2ClH/c10-5-4-9(13)12-7-8-3-1-2-6-11-8;;/h1-3,6H,4-5,7,10H2,(H,12,13);2*1H. The van der Waals surface area contributed by atoms with Crippen molar-refractivity contribution in [1.29, 1.82) is 0 Å². The van der Waals surface area contributed by atoms with Crippen molar-refractivity contribution in [3.05, 3.63) is 30.1 Å². The topological polar surface area (TPSA) is 68.0 Å². The van der Waals surface area contributed by atoms with Crippen LogP contribution in [-0.2, 0) is 11.3 Å². The van der Waals surface area contributed by atoms with Crippen molar-refractivity contribution in [2.45, 2.75) is 13.0 Å². The van der Waals surface area contributed by atoms with E-state index in [2.05, 4.69) is 10.3 Å². The van der Waals surface area contributed by atoms with E-state index in [1.54, 1.807) is 6.20 Å². The lowest BCUT2D eigenvalue weighted by molar-refractivity contribution is -0.121. The van der Waals surface area contributed by atoms with E-state index in [1.807, 2.05) is 18.2 Å². The van der Waals surface area contributed by atoms with Crippen LogP contribution in [0.2, 0.25) is 0 Å². The van der Waals surface area contributed by atoms with Gasteiger partial charge in [0.05, 0.1) is 12.2 Å². The van der Waals surface area contributed by atoms with E-state index in [1.165, 1.54) is 0 Å². The molecule has 0 saturated carbocycles. The number of halogens is 2. The maximum atomic E-state index is 11.0. The number of carbonyl (C=O) groups is 1. The number of hydrogen-bond donors (Lipinski definition) is 2. The van der Waals surface area contributed by atoms with E-state index in [-0.39, 0.29) is 30.7 Å². The highest BCUT2D eigenvalue weighted by molar-refractivity contribution is 5.85. The van der Waals surface area contributed by atoms with Crippen LogP contribution in [0, 0.1) is 0 Å². The summed E-state index contributed by atoms with van der Waals surface area (Å²) >= 11 is 0. The molecule has 0 aromatic carbocycles. The van der Waals surface area contributed by atoms with Crippen LogP contribution >= 0.6 is 24.8 Å². The smallest absolute Gasteiger partial charge is 0.221 e. The van der Waals surface area contributed by atoms with E-state index in [4.69, 9.17) is 5.73 Å². The molecule has 1 rings (SSSR count). The number of hydrogen-bond acceptors (Lipinski definition) is 3. The summed E-state index contributed by atoms with van der Waals surface area (Å²) in [6.07, 6.45) is 2.07. The van der Waals surface area contributed by atoms with Crippen LogP contribution in [0.4, 0.5) is 0 Å². The molecule has 0 fully saturated rings. The van der Waals surface area contributed by atoms with Gasteiger partial charge in [-0.3, -0.25) is 9.78 Å². The summed E-state index contributed by atoms with van der Waals surface area (Å²) in [5.41, 5.74) is 6.08. The largest absolute Gasteiger partial charge is 0.350 e. The molecule has 0 aliphatic heterocycles. The summed E-state index contributed by atoms with van der Waals surface area (Å²) < 4.78 is 0. The molecule has 1 heterocycles. The highest BCUT2D eigenvalue weighted by atomic mass is 35.5. The third-order valence-electron chi connectivity index (χ3n) is 1.56. The van der Waals surface area contributed by atoms with Crippen LogP contribution in [0.5, 0.6) is 0 Å². The lowest BCUT2D eigenvalue weighted by atomic mass is 10.3. The van der Waals surface area contributed by atoms with Crippen LogP contribution in [0.15, 0.2) is 24.4 Å². The van der Waals surface area contributed by atoms with Gasteiger partial charge >= 0.3 is 0 Å². The predicted octanol–water partition coefficient (Wildman–Crippen LogP) is 0.890. The molecular formula is C9H15Cl2N3O. The molecule has 4 nitrogen and oxygen atoms in total. The first-order chi connectivity index (χ1) is 6.33. The van der Waals surface area contributed by atoms with Crippen molar-refractivity contribution in [3.63, 3.8) is 0 Å². The molecule has 0 bridgehead atoms. The Morgan fingerprint density at radius 3 is 2.67 bits per heavy atom. The summed E-state index contributed by atoms with van der Waals surface area (Å²) in [4.78, 5) is 15.1. The highest BCUT2D eigenvalue weighted by Crippen LogP contribution is 1.91. The summed E-state index contributed by atoms with van der Waals surface area (Å²) in [7, 11) is 0. The molecule has 0 unspecified atom stereocenters. The van der Waals surface area contributed by atoms with Gasteiger partial charge in [0.1, 0.15) is 0 Å². The molecule has 15 heavy (non-hydrogen) atoms. The lowest BCUT2D eigenvalue weighted by Crippen LogP contribution is -2.25. The second-order valence-corrected chi connectivity index (χ2v) is 2.64. The number of rotatable bonds is 4. The van der Waals surface area contributed by atoms with Crippen LogP contribution < -0.4 is 11.1 Å². The van der Waals surface area contributed by atoms with Crippen LogP contribution in [-0.4, -0.2) is 17.4 Å². The third kappa shape index (κ3) is 7.13. The van der Waals surface area contributed by atoms with Gasteiger partial charge in [-0.05, 0) is 12.1 Å². The molecular weight excluding hydrogens is 237 g/mol. The van der Waals surface area contributed by atoms with Crippen molar-refractivity contribution >= 4 is 30.7 Å². The fourth-order valence-corrected chi connectivity index (χ4v) is 0.911. The Hall–Kier alpha value is -0.840. The molecule has 0 aliphatic carbocycles. The van der Waals surface area contributed by atoms with Gasteiger partial charge < -0.3 is 11.1 Å². The van der Waals surface area contributed by atoms with Gasteiger partial charge in [0.15, 0.2) is 0 Å². The number of nitrogens with one attached hydrogen (secondary N) is 1. The van der Waals surface area contributed by atoms with Crippen molar-refractivity contribution < 1.29 is 4.79 Å². The second-order valence-electron chi connectivity index (χ2n) is 2.64. The molecule has 1 amide bonds. The lowest BCUT2D eigenvalue weighted by Gasteiger charge is -2.02. The van der Waals surface area contributed by atoms with Gasteiger partial charge in [0.25, 0.3) is 0 Å². The summed E-state index contributed by atoms with van der Waals surface area (Å²) in [6, 6.07) is 5.59. The first-order valence-corrected chi connectivity index (χ1v) is 4.19. The van der Waals surface area contributed by atoms with Gasteiger partial charge in [-0.1, -0.05) is 6.07 Å². The van der Waals surface area contributed by atoms with E-state index >= 15 is 0 Å². The third-order valence-corrected chi connectivity index (χ3v) is 1.56. The summed E-state index contributed by atoms with van der Waals surface area (Å²) in [5, 5.41) is 2.72. The monoisotopic (exact) mass is 251 g/mol. The molecule has 0 radical (unpaired) electrons. The van der Waals surface area contributed by atoms with Crippen molar-refractivity contribution in [2.75, 3.05) is 6.54 Å². The molecule has 0 aliphatic rings. The fourth-order valence-electron chi connectivity index (χ4n) is 0.911. The van der Waals surface area contributed by atoms with Crippen molar-refractivity contribution in [1.82, 2.24) is 10.3 Å². The van der Waals surface area contributed by atoms with Crippen molar-refractivity contribution in [3.8, 4) is 0 Å². The number of nitrogens with zero attached hydrogens (tertiary/aromatic N) is 1. The zero-order valence-corrected chi connectivity index (χ0v) is 9.81. The number of carbonyl (C=O) groups excluding carboxylic acids is 1. The van der Waals surface area contributed by atoms with E-state index in [9.17, 15) is 4.79 Å². The highest BCUT2D eigenvalue weighted by Gasteiger charge is 1.98. The minimum absolute atomic E-state index is 0. The second kappa shape index (κ2) is 9.71. The Labute approximate surface area is 101 Å². The zero-order valence-electron chi connectivity index (χ0n) is 8.18. The Morgan fingerprint density at radius 1 is 1.40 bits per heavy atom. The van der Waals surface area contributed by atoms with E-state index < -0.39 is 0 Å². The van der Waals surface area contributed by atoms with Gasteiger partial charge in [-0.15, -0.1) is 24.8 Å². The predicted molar refractivity (Wildman–Crippen MR) is 64.3 cm³/mol. The first-order valence-electron chi connectivity index (χ1n) is 4.19. The average Bonchev–Trinajstić information content (AvgIpc) is 2.17. The SMILES string of the molecule is Cl.Cl.NCCC(=O)NCc1ccccn1. The van der Waals surface area contributed by atoms with Crippen LogP contribution in [0.25, 0.3) is 0 Å². The first kappa shape index (κ1) is 16.6. The quantitative estimate of drug-likeness (QED) is 0.836. The summed E-state index contributed by atoms with van der Waals surface area (Å²) in [5.74, 6) is -0.0341. The normalized spacial score (nSPS) is 8.33. The number of nitrogens with two attached hydrogens (primary N) is 1. The molecule has 3 N–H and O–H groups in total. The Balaban J connectivity index is 0. The minimum atomic E-state index is -0.0341.